The van der Waals surface area contributed by atoms with Crippen LogP contribution in [0.4, 0.5) is 0 Å². The van der Waals surface area contributed by atoms with Gasteiger partial charge in [-0.2, -0.15) is 0 Å². The number of rotatable bonds is 50. The molecular formula is C50H96O17P2. The summed E-state index contributed by atoms with van der Waals surface area (Å²) in [6, 6.07) is 0. The Kier molecular flexibility index (Phi) is 43.5. The molecule has 0 amide bonds. The van der Waals surface area contributed by atoms with Gasteiger partial charge in [0.2, 0.25) is 0 Å². The zero-order chi connectivity index (χ0) is 51.4. The maximum atomic E-state index is 12.8. The van der Waals surface area contributed by atoms with Gasteiger partial charge in [-0.15, -0.1) is 0 Å². The van der Waals surface area contributed by atoms with E-state index in [4.69, 9.17) is 37.0 Å². The number of ether oxygens (including phenoxy) is 4. The first-order valence-electron chi connectivity index (χ1n) is 26.6. The molecule has 0 radical (unpaired) electrons. The highest BCUT2D eigenvalue weighted by atomic mass is 31.2. The second-order valence-electron chi connectivity index (χ2n) is 18.7. The summed E-state index contributed by atoms with van der Waals surface area (Å²) in [5.41, 5.74) is 0. The van der Waals surface area contributed by atoms with Gasteiger partial charge in [0.05, 0.1) is 26.4 Å². The number of unbranched alkanes of at least 4 members (excludes halogenated alkanes) is 22. The Morgan fingerprint density at radius 3 is 0.986 bits per heavy atom. The van der Waals surface area contributed by atoms with Crippen LogP contribution in [0.3, 0.4) is 0 Å². The average Bonchev–Trinajstić information content (AvgIpc) is 3.30. The molecule has 0 aliphatic heterocycles. The molecule has 0 saturated carbocycles. The number of phosphoric ester groups is 2. The van der Waals surface area contributed by atoms with Gasteiger partial charge >= 0.3 is 39.5 Å². The maximum absolute atomic E-state index is 12.8. The zero-order valence-electron chi connectivity index (χ0n) is 43.4. The number of aliphatic hydroxyl groups excluding tert-OH is 1. The Bertz CT molecular complexity index is 1380. The van der Waals surface area contributed by atoms with Crippen LogP contribution < -0.4 is 0 Å². The first kappa shape index (κ1) is 67.1. The summed E-state index contributed by atoms with van der Waals surface area (Å²) in [5.74, 6) is -1.42. The lowest BCUT2D eigenvalue weighted by molar-refractivity contribution is -0.161. The van der Waals surface area contributed by atoms with Crippen molar-refractivity contribution in [3.8, 4) is 0 Å². The van der Waals surface area contributed by atoms with Crippen molar-refractivity contribution < 1.29 is 80.2 Å². The Labute approximate surface area is 416 Å². The number of carbonyl (C=O) groups is 4. The number of hydrogen-bond donors (Lipinski definition) is 3. The summed E-state index contributed by atoms with van der Waals surface area (Å²) in [6.07, 6.45) is 23.6. The van der Waals surface area contributed by atoms with Gasteiger partial charge in [-0.25, -0.2) is 9.13 Å². The Morgan fingerprint density at radius 1 is 0.391 bits per heavy atom. The largest absolute Gasteiger partial charge is 0.472 e. The van der Waals surface area contributed by atoms with Crippen LogP contribution in [0.15, 0.2) is 0 Å². The molecule has 0 aromatic rings. The van der Waals surface area contributed by atoms with Crippen molar-refractivity contribution >= 4 is 39.5 Å². The van der Waals surface area contributed by atoms with Crippen molar-refractivity contribution in [1.29, 1.82) is 0 Å². The van der Waals surface area contributed by atoms with Gasteiger partial charge in [0.1, 0.15) is 19.3 Å². The molecule has 69 heavy (non-hydrogen) atoms. The standard InChI is InChI=1S/C50H96O17P2/c1-6-9-12-22-28-33-47(52)60-39-45(66-49(54)35-30-24-14-11-8-3)41-64-68(56,57)62-37-44(51)38-63-69(58,59)65-42-46(40-61-48(53)34-29-23-13-10-7-2)67-50(55)36-31-26-21-19-17-15-16-18-20-25-27-32-43(4)5/h43-46,51H,6-42H2,1-5H3,(H,56,57)(H,58,59)/t44-,45+,46+/m0/s1. The van der Waals surface area contributed by atoms with E-state index in [9.17, 15) is 43.2 Å². The fourth-order valence-corrected chi connectivity index (χ4v) is 8.69. The number of carbonyl (C=O) groups excluding carboxylic acids is 4. The van der Waals surface area contributed by atoms with E-state index in [2.05, 4.69) is 34.6 Å². The smallest absolute Gasteiger partial charge is 0.462 e. The van der Waals surface area contributed by atoms with Crippen molar-refractivity contribution in [3.05, 3.63) is 0 Å². The quantitative estimate of drug-likeness (QED) is 0.0222. The third kappa shape index (κ3) is 45.7. The van der Waals surface area contributed by atoms with E-state index in [1.54, 1.807) is 0 Å². The molecule has 408 valence electrons. The Balaban J connectivity index is 5.06. The second kappa shape index (κ2) is 44.7. The monoisotopic (exact) mass is 1030 g/mol. The van der Waals surface area contributed by atoms with Crippen LogP contribution in [0.25, 0.3) is 0 Å². The van der Waals surface area contributed by atoms with Gasteiger partial charge in [0.25, 0.3) is 0 Å². The van der Waals surface area contributed by atoms with Crippen molar-refractivity contribution in [2.45, 2.75) is 252 Å². The van der Waals surface area contributed by atoms with Crippen LogP contribution in [-0.2, 0) is 65.4 Å². The maximum Gasteiger partial charge on any atom is 0.472 e. The highest BCUT2D eigenvalue weighted by Crippen LogP contribution is 2.45. The van der Waals surface area contributed by atoms with Crippen LogP contribution in [0.1, 0.15) is 234 Å². The molecule has 0 aromatic carbocycles. The van der Waals surface area contributed by atoms with Crippen molar-refractivity contribution in [2.24, 2.45) is 5.92 Å². The van der Waals surface area contributed by atoms with Crippen molar-refractivity contribution in [1.82, 2.24) is 0 Å². The molecule has 3 N–H and O–H groups in total. The van der Waals surface area contributed by atoms with Crippen molar-refractivity contribution in [2.75, 3.05) is 39.6 Å². The summed E-state index contributed by atoms with van der Waals surface area (Å²) in [7, 11) is -9.83. The van der Waals surface area contributed by atoms with Crippen LogP contribution in [0, 0.1) is 5.92 Å². The fourth-order valence-electron chi connectivity index (χ4n) is 7.11. The highest BCUT2D eigenvalue weighted by molar-refractivity contribution is 7.47. The lowest BCUT2D eigenvalue weighted by atomic mass is 10.0. The molecule has 0 rings (SSSR count). The molecule has 0 aliphatic rings. The van der Waals surface area contributed by atoms with E-state index in [0.29, 0.717) is 25.7 Å². The summed E-state index contributed by atoms with van der Waals surface area (Å²) >= 11 is 0. The van der Waals surface area contributed by atoms with Gasteiger partial charge in [0.15, 0.2) is 12.2 Å². The van der Waals surface area contributed by atoms with E-state index in [-0.39, 0.29) is 25.7 Å². The van der Waals surface area contributed by atoms with Gasteiger partial charge in [0, 0.05) is 25.7 Å². The first-order valence-corrected chi connectivity index (χ1v) is 29.6. The number of aliphatic hydroxyl groups is 1. The van der Waals surface area contributed by atoms with Crippen LogP contribution in [-0.4, -0.2) is 96.7 Å². The molecule has 17 nitrogen and oxygen atoms in total. The van der Waals surface area contributed by atoms with Gasteiger partial charge in [-0.3, -0.25) is 37.3 Å². The van der Waals surface area contributed by atoms with E-state index in [0.717, 1.165) is 109 Å². The van der Waals surface area contributed by atoms with Gasteiger partial charge in [-0.05, 0) is 31.6 Å². The molecule has 0 heterocycles. The molecule has 19 heteroatoms. The van der Waals surface area contributed by atoms with Crippen LogP contribution in [0.2, 0.25) is 0 Å². The number of hydrogen-bond acceptors (Lipinski definition) is 15. The molecule has 0 saturated heterocycles. The minimum Gasteiger partial charge on any atom is -0.462 e. The van der Waals surface area contributed by atoms with Crippen molar-refractivity contribution in [3.63, 3.8) is 0 Å². The van der Waals surface area contributed by atoms with E-state index in [1.165, 1.54) is 44.9 Å². The SMILES string of the molecule is CCCCCCCC(=O)OC[C@H](COP(=O)(O)OC[C@H](O)COP(=O)(O)OC[C@@H](COC(=O)CCCCCCC)OC(=O)CCCCCCCCCCCCCC(C)C)OC(=O)CCCCCCC. The molecule has 0 aromatic heterocycles. The zero-order valence-corrected chi connectivity index (χ0v) is 45.2. The third-order valence-corrected chi connectivity index (χ3v) is 13.2. The topological polar surface area (TPSA) is 237 Å². The summed E-state index contributed by atoms with van der Waals surface area (Å²) in [5, 5.41) is 10.4. The Morgan fingerprint density at radius 2 is 0.667 bits per heavy atom. The first-order chi connectivity index (χ1) is 33.0. The lowest BCUT2D eigenvalue weighted by Crippen LogP contribution is -2.30. The molecule has 0 aliphatic carbocycles. The normalized spacial score (nSPS) is 14.7. The molecule has 0 fully saturated rings. The highest BCUT2D eigenvalue weighted by Gasteiger charge is 2.30. The second-order valence-corrected chi connectivity index (χ2v) is 21.6. The van der Waals surface area contributed by atoms with E-state index >= 15 is 0 Å². The molecule has 5 atom stereocenters. The minimum atomic E-state index is -4.92. The lowest BCUT2D eigenvalue weighted by Gasteiger charge is -2.21. The fraction of sp³-hybridized carbons (Fsp3) is 0.920. The third-order valence-electron chi connectivity index (χ3n) is 11.3. The van der Waals surface area contributed by atoms with E-state index in [1.807, 2.05) is 0 Å². The van der Waals surface area contributed by atoms with E-state index < -0.39 is 97.5 Å². The number of phosphoric acid groups is 2. The number of esters is 4. The molecule has 0 bridgehead atoms. The average molecular weight is 1030 g/mol. The van der Waals surface area contributed by atoms with Gasteiger partial charge < -0.3 is 33.8 Å². The summed E-state index contributed by atoms with van der Waals surface area (Å²) in [4.78, 5) is 70.8. The molecular weight excluding hydrogens is 934 g/mol. The minimum absolute atomic E-state index is 0.0985. The van der Waals surface area contributed by atoms with Crippen LogP contribution in [0.5, 0.6) is 0 Å². The molecule has 2 unspecified atom stereocenters. The predicted molar refractivity (Wildman–Crippen MR) is 266 cm³/mol. The Hall–Kier alpha value is -1.94. The van der Waals surface area contributed by atoms with Crippen LogP contribution >= 0.6 is 15.6 Å². The predicted octanol–water partition coefficient (Wildman–Crippen LogP) is 12.3. The molecule has 0 spiro atoms. The van der Waals surface area contributed by atoms with Gasteiger partial charge in [-0.1, -0.05) is 182 Å². The summed E-state index contributed by atoms with van der Waals surface area (Å²) < 4.78 is 66.8. The summed E-state index contributed by atoms with van der Waals surface area (Å²) in [6.45, 7) is 6.81.